The van der Waals surface area contributed by atoms with Gasteiger partial charge < -0.3 is 18.9 Å². The molecule has 2 atom stereocenters. The molecule has 32 heavy (non-hydrogen) atoms. The Kier molecular flexibility index (Phi) is 7.25. The van der Waals surface area contributed by atoms with Crippen LogP contribution in [0.2, 0.25) is 0 Å². The molecule has 0 aromatic heterocycles. The molecule has 0 spiro atoms. The van der Waals surface area contributed by atoms with Gasteiger partial charge in [0.1, 0.15) is 23.0 Å². The van der Waals surface area contributed by atoms with Gasteiger partial charge >= 0.3 is 12.1 Å². The number of hydrogen-bond donors (Lipinski definition) is 0. The Balaban J connectivity index is 1.50. The molecule has 5 nitrogen and oxygen atoms in total. The van der Waals surface area contributed by atoms with Gasteiger partial charge in [-0.15, -0.1) is 0 Å². The van der Waals surface area contributed by atoms with Crippen molar-refractivity contribution in [1.29, 1.82) is 0 Å². The third kappa shape index (κ3) is 6.66. The highest BCUT2D eigenvalue weighted by atomic mass is 19.4. The average molecular weight is 446 g/mol. The van der Waals surface area contributed by atoms with E-state index in [4.69, 9.17) is 18.9 Å². The van der Waals surface area contributed by atoms with Crippen molar-refractivity contribution < 1.29 is 36.9 Å². The van der Waals surface area contributed by atoms with Gasteiger partial charge in [-0.3, -0.25) is 0 Å². The monoisotopic (exact) mass is 446 g/mol. The average Bonchev–Trinajstić information content (AvgIpc) is 2.75. The number of esters is 1. The minimum absolute atomic E-state index is 0.260. The van der Waals surface area contributed by atoms with Crippen LogP contribution < -0.4 is 14.2 Å². The van der Waals surface area contributed by atoms with Crippen LogP contribution in [-0.4, -0.2) is 18.4 Å². The van der Waals surface area contributed by atoms with E-state index in [0.29, 0.717) is 17.2 Å². The van der Waals surface area contributed by atoms with Gasteiger partial charge in [-0.25, -0.2) is 4.79 Å². The predicted molar refractivity (Wildman–Crippen MR) is 111 cm³/mol. The Bertz CT molecular complexity index is 1000. The summed E-state index contributed by atoms with van der Waals surface area (Å²) >= 11 is 0. The molecule has 0 saturated heterocycles. The molecule has 3 aromatic rings. The van der Waals surface area contributed by atoms with E-state index in [0.717, 1.165) is 12.1 Å². The molecular weight excluding hydrogens is 425 g/mol. The van der Waals surface area contributed by atoms with Crippen molar-refractivity contribution in [2.24, 2.45) is 0 Å². The summed E-state index contributed by atoms with van der Waals surface area (Å²) < 4.78 is 59.7. The summed E-state index contributed by atoms with van der Waals surface area (Å²) in [6.07, 6.45) is -6.09. The first-order chi connectivity index (χ1) is 15.2. The Morgan fingerprint density at radius 1 is 0.719 bits per heavy atom. The zero-order chi connectivity index (χ0) is 23.1. The summed E-state index contributed by atoms with van der Waals surface area (Å²) in [5.74, 6) is 1.03. The van der Waals surface area contributed by atoms with E-state index in [1.807, 2.05) is 6.07 Å². The summed E-state index contributed by atoms with van der Waals surface area (Å²) in [6.45, 7) is 3.15. The fourth-order valence-electron chi connectivity index (χ4n) is 2.66. The lowest BCUT2D eigenvalue weighted by Gasteiger charge is -2.19. The number of carbonyl (C=O) groups excluding carboxylic acids is 1. The third-order valence-electron chi connectivity index (χ3n) is 4.21. The number of ether oxygens (including phenoxy) is 4. The van der Waals surface area contributed by atoms with Crippen LogP contribution >= 0.6 is 0 Å². The smallest absolute Gasteiger partial charge is 0.416 e. The minimum atomic E-state index is -4.40. The van der Waals surface area contributed by atoms with E-state index in [-0.39, 0.29) is 5.75 Å². The first-order valence-electron chi connectivity index (χ1n) is 9.75. The Morgan fingerprint density at radius 3 is 1.78 bits per heavy atom. The number of benzene rings is 3. The van der Waals surface area contributed by atoms with Gasteiger partial charge in [0.15, 0.2) is 6.10 Å². The van der Waals surface area contributed by atoms with Crippen LogP contribution in [0.25, 0.3) is 0 Å². The lowest BCUT2D eigenvalue weighted by atomic mass is 10.2. The molecule has 0 bridgehead atoms. The molecule has 3 rings (SSSR count). The normalized spacial score (nSPS) is 13.0. The number of hydrogen-bond acceptors (Lipinski definition) is 5. The fourth-order valence-corrected chi connectivity index (χ4v) is 2.66. The summed E-state index contributed by atoms with van der Waals surface area (Å²) in [5.41, 5.74) is -0.752. The van der Waals surface area contributed by atoms with E-state index < -0.39 is 30.1 Å². The van der Waals surface area contributed by atoms with Crippen LogP contribution in [0.1, 0.15) is 19.4 Å². The first kappa shape index (κ1) is 23.0. The highest BCUT2D eigenvalue weighted by Gasteiger charge is 2.30. The van der Waals surface area contributed by atoms with Crippen LogP contribution in [0, 0.1) is 0 Å². The Hall–Kier alpha value is -3.68. The van der Waals surface area contributed by atoms with Crippen molar-refractivity contribution >= 4 is 5.97 Å². The molecular formula is C24H21F3O5. The van der Waals surface area contributed by atoms with Gasteiger partial charge in [0.05, 0.1) is 5.56 Å². The number of carbonyl (C=O) groups is 1. The second kappa shape index (κ2) is 10.1. The maximum atomic E-state index is 12.6. The second-order valence-electron chi connectivity index (χ2n) is 6.79. The van der Waals surface area contributed by atoms with E-state index in [9.17, 15) is 18.0 Å². The predicted octanol–water partition coefficient (Wildman–Crippen LogP) is 6.23. The lowest BCUT2D eigenvalue weighted by molar-refractivity contribution is -0.168. The summed E-state index contributed by atoms with van der Waals surface area (Å²) in [6, 6.07) is 19.6. The van der Waals surface area contributed by atoms with Crippen LogP contribution in [0.4, 0.5) is 13.2 Å². The SMILES string of the molecule is CC(OC(=O)C(C)Oc1ccc(Oc2ccc(C(F)(F)F)cc2)cc1)Oc1ccccc1. The van der Waals surface area contributed by atoms with Crippen molar-refractivity contribution in [2.75, 3.05) is 0 Å². The first-order valence-corrected chi connectivity index (χ1v) is 9.75. The quantitative estimate of drug-likeness (QED) is 0.303. The van der Waals surface area contributed by atoms with Gasteiger partial charge in [0.2, 0.25) is 6.29 Å². The minimum Gasteiger partial charge on any atom is -0.479 e. The number of alkyl halides is 3. The summed E-state index contributed by atoms with van der Waals surface area (Å²) in [5, 5.41) is 0. The Morgan fingerprint density at radius 2 is 1.22 bits per heavy atom. The molecule has 2 unspecified atom stereocenters. The largest absolute Gasteiger partial charge is 0.479 e. The van der Waals surface area contributed by atoms with E-state index in [2.05, 4.69) is 0 Å². The standard InChI is InChI=1S/C24H21F3O5/c1-16(23(28)31-17(2)30-19-6-4-3-5-7-19)29-20-12-14-22(15-13-20)32-21-10-8-18(9-11-21)24(25,26)27/h3-17H,1-2H3. The van der Waals surface area contributed by atoms with Gasteiger partial charge in [-0.05, 0) is 67.6 Å². The van der Waals surface area contributed by atoms with Gasteiger partial charge in [0, 0.05) is 6.92 Å². The van der Waals surface area contributed by atoms with Crippen LogP contribution in [0.5, 0.6) is 23.0 Å². The molecule has 0 radical (unpaired) electrons. The van der Waals surface area contributed by atoms with Crippen molar-refractivity contribution in [3.63, 3.8) is 0 Å². The molecule has 0 aliphatic carbocycles. The Labute approximate surface area is 183 Å². The molecule has 3 aromatic carbocycles. The van der Waals surface area contributed by atoms with E-state index in [1.165, 1.54) is 12.1 Å². The molecule has 0 amide bonds. The van der Waals surface area contributed by atoms with E-state index >= 15 is 0 Å². The van der Waals surface area contributed by atoms with Crippen molar-refractivity contribution in [3.05, 3.63) is 84.4 Å². The second-order valence-corrected chi connectivity index (χ2v) is 6.79. The molecule has 0 aliphatic heterocycles. The maximum absolute atomic E-state index is 12.6. The van der Waals surface area contributed by atoms with Crippen LogP contribution in [0.3, 0.4) is 0 Å². The summed E-state index contributed by atoms with van der Waals surface area (Å²) in [4.78, 5) is 12.2. The third-order valence-corrected chi connectivity index (χ3v) is 4.21. The van der Waals surface area contributed by atoms with Crippen molar-refractivity contribution in [3.8, 4) is 23.0 Å². The zero-order valence-electron chi connectivity index (χ0n) is 17.3. The highest BCUT2D eigenvalue weighted by Crippen LogP contribution is 2.31. The van der Waals surface area contributed by atoms with Gasteiger partial charge in [0.25, 0.3) is 0 Å². The van der Waals surface area contributed by atoms with Crippen LogP contribution in [0.15, 0.2) is 78.9 Å². The number of rotatable bonds is 8. The van der Waals surface area contributed by atoms with Crippen molar-refractivity contribution in [1.82, 2.24) is 0 Å². The van der Waals surface area contributed by atoms with Crippen LogP contribution in [-0.2, 0) is 15.7 Å². The van der Waals surface area contributed by atoms with Crippen molar-refractivity contribution in [2.45, 2.75) is 32.4 Å². The maximum Gasteiger partial charge on any atom is 0.416 e. The molecule has 0 fully saturated rings. The number of para-hydroxylation sites is 1. The molecule has 0 heterocycles. The highest BCUT2D eigenvalue weighted by molar-refractivity contribution is 5.74. The number of halogens is 3. The molecule has 0 saturated carbocycles. The van der Waals surface area contributed by atoms with Gasteiger partial charge in [-0.1, -0.05) is 18.2 Å². The molecule has 8 heteroatoms. The van der Waals surface area contributed by atoms with E-state index in [1.54, 1.807) is 62.4 Å². The molecule has 168 valence electrons. The molecule has 0 N–H and O–H groups in total. The fraction of sp³-hybridized carbons (Fsp3) is 0.208. The molecule has 0 aliphatic rings. The topological polar surface area (TPSA) is 54.0 Å². The zero-order valence-corrected chi connectivity index (χ0v) is 17.3. The summed E-state index contributed by atoms with van der Waals surface area (Å²) in [7, 11) is 0. The lowest BCUT2D eigenvalue weighted by Crippen LogP contribution is -2.31. The van der Waals surface area contributed by atoms with Gasteiger partial charge in [-0.2, -0.15) is 13.2 Å².